The fourth-order valence-electron chi connectivity index (χ4n) is 1.62. The largest absolute Gasteiger partial charge is 0.337 e. The van der Waals surface area contributed by atoms with Crippen LogP contribution in [0.15, 0.2) is 55.0 Å². The maximum atomic E-state index is 4.80. The van der Waals surface area contributed by atoms with E-state index in [9.17, 15) is 0 Å². The summed E-state index contributed by atoms with van der Waals surface area (Å²) in [5.41, 5.74) is 2.01. The summed E-state index contributed by atoms with van der Waals surface area (Å²) in [5.74, 6) is 0.845. The van der Waals surface area contributed by atoms with Gasteiger partial charge in [-0.25, -0.2) is 9.50 Å². The van der Waals surface area contributed by atoms with E-state index in [0.717, 1.165) is 17.0 Å². The number of para-hydroxylation sites is 1. The zero-order chi connectivity index (χ0) is 12.2. The van der Waals surface area contributed by atoms with Gasteiger partial charge < -0.3 is 4.89 Å². The zero-order valence-electron chi connectivity index (χ0n) is 9.56. The molecule has 0 spiro atoms. The lowest BCUT2D eigenvalue weighted by Gasteiger charge is -1.89. The van der Waals surface area contributed by atoms with Crippen LogP contribution in [-0.4, -0.2) is 14.6 Å². The number of benzene rings is 1. The van der Waals surface area contributed by atoms with Crippen LogP contribution >= 0.6 is 0 Å². The fourth-order valence-corrected chi connectivity index (χ4v) is 1.62. The van der Waals surface area contributed by atoms with Crippen LogP contribution in [0.2, 0.25) is 0 Å². The molecule has 0 radical (unpaired) electrons. The van der Waals surface area contributed by atoms with E-state index >= 15 is 0 Å². The van der Waals surface area contributed by atoms with Gasteiger partial charge in [-0.1, -0.05) is 18.2 Å². The highest BCUT2D eigenvalue weighted by molar-refractivity contribution is 5.34. The average Bonchev–Trinajstić information content (AvgIpc) is 3.08. The summed E-state index contributed by atoms with van der Waals surface area (Å²) in [6.07, 6.45) is 5.34. The molecule has 0 atom stereocenters. The van der Waals surface area contributed by atoms with Crippen LogP contribution in [0.3, 0.4) is 0 Å². The van der Waals surface area contributed by atoms with E-state index in [-0.39, 0.29) is 0 Å². The summed E-state index contributed by atoms with van der Waals surface area (Å²) >= 11 is 0. The van der Waals surface area contributed by atoms with Crippen LogP contribution in [0.1, 0.15) is 5.56 Å². The smallest absolute Gasteiger partial charge is 0.171 e. The van der Waals surface area contributed by atoms with Crippen LogP contribution in [0.4, 0.5) is 0 Å². The van der Waals surface area contributed by atoms with Crippen molar-refractivity contribution in [2.24, 2.45) is 0 Å². The summed E-state index contributed by atoms with van der Waals surface area (Å²) in [5, 5.41) is 3.97. The first-order valence-electron chi connectivity index (χ1n) is 5.55. The Hall–Kier alpha value is -2.40. The Morgan fingerprint density at radius 1 is 1.06 bits per heavy atom. The lowest BCUT2D eigenvalue weighted by molar-refractivity contribution is -0.194. The molecular weight excluding hydrogens is 230 g/mol. The first-order valence-corrected chi connectivity index (χ1v) is 5.55. The van der Waals surface area contributed by atoms with Crippen LogP contribution < -0.4 is 4.89 Å². The Morgan fingerprint density at radius 2 is 2.00 bits per heavy atom. The Bertz CT molecular complexity index is 598. The maximum absolute atomic E-state index is 4.80. The first kappa shape index (κ1) is 10.7. The van der Waals surface area contributed by atoms with Crippen LogP contribution in [0.25, 0.3) is 5.65 Å². The molecular formula is C13H11N3O2. The standard InChI is InChI=1S/C7H6O2.C6H5N3/c1-2-4-7-6(3-1)5-8-9-7;1-3-7-6-2-4-8-9(6)5-1/h1-4H,5H2;1-5H. The molecule has 5 heteroatoms. The first-order chi connectivity index (χ1) is 8.93. The van der Waals surface area contributed by atoms with Crippen molar-refractivity contribution in [1.82, 2.24) is 14.6 Å². The highest BCUT2D eigenvalue weighted by Crippen LogP contribution is 2.24. The third-order valence-electron chi connectivity index (χ3n) is 2.51. The predicted molar refractivity (Wildman–Crippen MR) is 64.8 cm³/mol. The maximum Gasteiger partial charge on any atom is 0.171 e. The van der Waals surface area contributed by atoms with Crippen molar-refractivity contribution in [3.8, 4) is 5.75 Å². The molecule has 0 saturated heterocycles. The molecule has 0 fully saturated rings. The number of fused-ring (bicyclic) bond motifs is 2. The molecule has 0 saturated carbocycles. The van der Waals surface area contributed by atoms with Gasteiger partial charge in [0.05, 0.1) is 6.20 Å². The van der Waals surface area contributed by atoms with Crippen LogP contribution in [-0.2, 0) is 11.5 Å². The van der Waals surface area contributed by atoms with E-state index < -0.39 is 0 Å². The quantitative estimate of drug-likeness (QED) is 0.566. The molecule has 1 aliphatic heterocycles. The van der Waals surface area contributed by atoms with E-state index in [1.165, 1.54) is 0 Å². The van der Waals surface area contributed by atoms with E-state index in [2.05, 4.69) is 10.1 Å². The van der Waals surface area contributed by atoms with E-state index in [1.54, 1.807) is 16.9 Å². The second-order valence-corrected chi connectivity index (χ2v) is 3.71. The molecule has 1 aliphatic rings. The van der Waals surface area contributed by atoms with Gasteiger partial charge in [-0.3, -0.25) is 0 Å². The minimum Gasteiger partial charge on any atom is -0.337 e. The van der Waals surface area contributed by atoms with Gasteiger partial charge in [0, 0.05) is 24.0 Å². The molecule has 3 aromatic rings. The third kappa shape index (κ3) is 2.16. The van der Waals surface area contributed by atoms with Crippen molar-refractivity contribution in [3.63, 3.8) is 0 Å². The summed E-state index contributed by atoms with van der Waals surface area (Å²) in [6.45, 7) is 0.580. The van der Waals surface area contributed by atoms with Crippen molar-refractivity contribution in [1.29, 1.82) is 0 Å². The molecule has 0 N–H and O–H groups in total. The normalized spacial score (nSPS) is 12.4. The number of nitrogens with zero attached hydrogens (tertiary/aromatic N) is 3. The molecule has 0 aliphatic carbocycles. The Morgan fingerprint density at radius 3 is 2.89 bits per heavy atom. The van der Waals surface area contributed by atoms with Gasteiger partial charge in [-0.15, -0.1) is 0 Å². The topological polar surface area (TPSA) is 48.7 Å². The highest BCUT2D eigenvalue weighted by Gasteiger charge is 2.10. The minimum atomic E-state index is 0.580. The summed E-state index contributed by atoms with van der Waals surface area (Å²) in [7, 11) is 0. The van der Waals surface area contributed by atoms with Crippen LogP contribution in [0.5, 0.6) is 5.75 Å². The Labute approximate surface area is 104 Å². The summed E-state index contributed by atoms with van der Waals surface area (Å²) < 4.78 is 1.72. The molecule has 1 aromatic carbocycles. The summed E-state index contributed by atoms with van der Waals surface area (Å²) in [4.78, 5) is 13.6. The molecule has 18 heavy (non-hydrogen) atoms. The molecule has 2 aromatic heterocycles. The van der Waals surface area contributed by atoms with Gasteiger partial charge in [-0.05, 0) is 12.1 Å². The van der Waals surface area contributed by atoms with Gasteiger partial charge in [-0.2, -0.15) is 9.99 Å². The van der Waals surface area contributed by atoms with E-state index in [4.69, 9.17) is 9.78 Å². The Kier molecular flexibility index (Phi) is 2.89. The SMILES string of the molecule is c1ccc2c(c1)COO2.c1cnc2ccnn2c1. The number of hydrogen-bond donors (Lipinski definition) is 0. The average molecular weight is 241 g/mol. The molecule has 0 amide bonds. The second-order valence-electron chi connectivity index (χ2n) is 3.71. The van der Waals surface area contributed by atoms with Crippen molar-refractivity contribution < 1.29 is 9.78 Å². The van der Waals surface area contributed by atoms with Crippen LogP contribution in [0, 0.1) is 0 Å². The lowest BCUT2D eigenvalue weighted by Crippen LogP contribution is -1.85. The summed E-state index contributed by atoms with van der Waals surface area (Å²) in [6, 6.07) is 11.5. The number of rotatable bonds is 0. The van der Waals surface area contributed by atoms with Gasteiger partial charge in [0.25, 0.3) is 0 Å². The third-order valence-corrected chi connectivity index (χ3v) is 2.51. The van der Waals surface area contributed by atoms with Gasteiger partial charge in [0.2, 0.25) is 0 Å². The molecule has 5 nitrogen and oxygen atoms in total. The second kappa shape index (κ2) is 4.85. The lowest BCUT2D eigenvalue weighted by atomic mass is 10.2. The highest BCUT2D eigenvalue weighted by atomic mass is 17.2. The molecule has 0 bridgehead atoms. The van der Waals surface area contributed by atoms with Crippen molar-refractivity contribution in [2.75, 3.05) is 0 Å². The molecule has 90 valence electrons. The Balaban J connectivity index is 0.000000111. The van der Waals surface area contributed by atoms with E-state index in [0.29, 0.717) is 6.61 Å². The fraction of sp³-hybridized carbons (Fsp3) is 0.0769. The number of aromatic nitrogens is 3. The van der Waals surface area contributed by atoms with Gasteiger partial charge in [0.15, 0.2) is 11.4 Å². The molecule has 0 unspecified atom stereocenters. The van der Waals surface area contributed by atoms with E-state index in [1.807, 2.05) is 42.6 Å². The van der Waals surface area contributed by atoms with Crippen molar-refractivity contribution in [2.45, 2.75) is 6.61 Å². The predicted octanol–water partition coefficient (Wildman–Crippen LogP) is 2.24. The van der Waals surface area contributed by atoms with Gasteiger partial charge >= 0.3 is 0 Å². The van der Waals surface area contributed by atoms with Gasteiger partial charge in [0.1, 0.15) is 6.61 Å². The van der Waals surface area contributed by atoms with Crippen molar-refractivity contribution in [3.05, 3.63) is 60.6 Å². The zero-order valence-corrected chi connectivity index (χ0v) is 9.56. The van der Waals surface area contributed by atoms with Crippen molar-refractivity contribution >= 4 is 5.65 Å². The number of hydrogen-bond acceptors (Lipinski definition) is 4. The molecule has 3 heterocycles. The monoisotopic (exact) mass is 241 g/mol. The molecule has 4 rings (SSSR count). The minimum absolute atomic E-state index is 0.580.